The Morgan fingerprint density at radius 3 is 2.86 bits per heavy atom. The lowest BCUT2D eigenvalue weighted by Gasteiger charge is -2.05. The van der Waals surface area contributed by atoms with Crippen molar-refractivity contribution in [3.63, 3.8) is 0 Å². The number of aryl methyl sites for hydroxylation is 1. The normalized spacial score (nSPS) is 10.1. The highest BCUT2D eigenvalue weighted by Gasteiger charge is 2.08. The van der Waals surface area contributed by atoms with Gasteiger partial charge in [0.1, 0.15) is 11.3 Å². The zero-order valence-electron chi connectivity index (χ0n) is 8.02. The summed E-state index contributed by atoms with van der Waals surface area (Å²) in [6.45, 7) is 2.05. The average molecular weight is 206 g/mol. The minimum atomic E-state index is 0.840. The van der Waals surface area contributed by atoms with Crippen LogP contribution in [-0.4, -0.2) is 17.3 Å². The van der Waals surface area contributed by atoms with Gasteiger partial charge < -0.3 is 4.74 Å². The first kappa shape index (κ1) is 9.15. The molecule has 72 valence electrons. The molecule has 1 aromatic heterocycles. The Morgan fingerprint density at radius 1 is 1.36 bits per heavy atom. The fraction of sp³-hybridized carbons (Fsp3) is 0.200. The molecule has 1 heterocycles. The second-order valence-electron chi connectivity index (χ2n) is 2.95. The van der Waals surface area contributed by atoms with Crippen LogP contribution in [0.5, 0.6) is 5.75 Å². The molecule has 0 radical (unpaired) electrons. The SMILES string of the molecule is COc1ccc(C)cc1-c1nncs1. The van der Waals surface area contributed by atoms with E-state index in [-0.39, 0.29) is 0 Å². The Labute approximate surface area is 86.4 Å². The van der Waals surface area contributed by atoms with Gasteiger partial charge in [0.15, 0.2) is 5.01 Å². The first-order valence-electron chi connectivity index (χ1n) is 4.22. The van der Waals surface area contributed by atoms with Crippen molar-refractivity contribution < 1.29 is 4.74 Å². The monoisotopic (exact) mass is 206 g/mol. The largest absolute Gasteiger partial charge is 0.496 e. The van der Waals surface area contributed by atoms with Gasteiger partial charge in [0.2, 0.25) is 0 Å². The number of ether oxygens (including phenoxy) is 1. The van der Waals surface area contributed by atoms with Crippen LogP contribution in [0.2, 0.25) is 0 Å². The summed E-state index contributed by atoms with van der Waals surface area (Å²) in [7, 11) is 1.66. The summed E-state index contributed by atoms with van der Waals surface area (Å²) in [6, 6.07) is 6.02. The molecule has 2 rings (SSSR count). The van der Waals surface area contributed by atoms with Crippen molar-refractivity contribution in [3.05, 3.63) is 29.3 Å². The van der Waals surface area contributed by atoms with E-state index in [2.05, 4.69) is 16.3 Å². The van der Waals surface area contributed by atoms with Gasteiger partial charge in [-0.2, -0.15) is 0 Å². The molecule has 2 aromatic rings. The van der Waals surface area contributed by atoms with Gasteiger partial charge in [0.25, 0.3) is 0 Å². The van der Waals surface area contributed by atoms with Crippen molar-refractivity contribution in [2.45, 2.75) is 6.92 Å². The summed E-state index contributed by atoms with van der Waals surface area (Å²) in [5.41, 5.74) is 3.92. The highest BCUT2D eigenvalue weighted by atomic mass is 32.1. The van der Waals surface area contributed by atoms with Crippen molar-refractivity contribution in [1.82, 2.24) is 10.2 Å². The molecule has 0 unspecified atom stereocenters. The molecule has 14 heavy (non-hydrogen) atoms. The van der Waals surface area contributed by atoms with E-state index in [1.807, 2.05) is 19.1 Å². The first-order chi connectivity index (χ1) is 6.81. The molecule has 0 saturated carbocycles. The zero-order valence-corrected chi connectivity index (χ0v) is 8.84. The summed E-state index contributed by atoms with van der Waals surface area (Å²) in [6.07, 6.45) is 0. The van der Waals surface area contributed by atoms with Gasteiger partial charge in [-0.1, -0.05) is 23.0 Å². The summed E-state index contributed by atoms with van der Waals surface area (Å²) in [5, 5.41) is 8.74. The minimum absolute atomic E-state index is 0.840. The van der Waals surface area contributed by atoms with Gasteiger partial charge in [0, 0.05) is 0 Å². The zero-order chi connectivity index (χ0) is 9.97. The third-order valence-electron chi connectivity index (χ3n) is 1.95. The lowest BCUT2D eigenvalue weighted by atomic mass is 10.1. The maximum absolute atomic E-state index is 5.26. The van der Waals surface area contributed by atoms with Crippen molar-refractivity contribution in [1.29, 1.82) is 0 Å². The number of rotatable bonds is 2. The van der Waals surface area contributed by atoms with Crippen molar-refractivity contribution in [2.24, 2.45) is 0 Å². The standard InChI is InChI=1S/C10H10N2OS/c1-7-3-4-9(13-2)8(5-7)10-12-11-6-14-10/h3-6H,1-2H3. The first-order valence-corrected chi connectivity index (χ1v) is 5.10. The molecule has 0 aliphatic carbocycles. The predicted octanol–water partition coefficient (Wildman–Crippen LogP) is 2.52. The second kappa shape index (κ2) is 3.75. The molecule has 0 bridgehead atoms. The van der Waals surface area contributed by atoms with E-state index in [1.165, 1.54) is 16.9 Å². The quantitative estimate of drug-likeness (QED) is 0.757. The number of benzene rings is 1. The van der Waals surface area contributed by atoms with Gasteiger partial charge in [-0.15, -0.1) is 10.2 Å². The topological polar surface area (TPSA) is 35.0 Å². The van der Waals surface area contributed by atoms with Crippen molar-refractivity contribution in [3.8, 4) is 16.3 Å². The van der Waals surface area contributed by atoms with Gasteiger partial charge in [-0.05, 0) is 19.1 Å². The van der Waals surface area contributed by atoms with Crippen LogP contribution in [0.4, 0.5) is 0 Å². The van der Waals surface area contributed by atoms with Gasteiger partial charge in [-0.3, -0.25) is 0 Å². The Bertz CT molecular complexity index is 426. The minimum Gasteiger partial charge on any atom is -0.496 e. The molecule has 1 aromatic carbocycles. The maximum Gasteiger partial charge on any atom is 0.151 e. The average Bonchev–Trinajstić information content (AvgIpc) is 2.70. The van der Waals surface area contributed by atoms with E-state index in [0.29, 0.717) is 0 Å². The van der Waals surface area contributed by atoms with E-state index in [1.54, 1.807) is 12.6 Å². The highest BCUT2D eigenvalue weighted by molar-refractivity contribution is 7.12. The van der Waals surface area contributed by atoms with E-state index >= 15 is 0 Å². The van der Waals surface area contributed by atoms with E-state index in [4.69, 9.17) is 4.74 Å². The molecule has 0 aliphatic rings. The number of methoxy groups -OCH3 is 1. The maximum atomic E-state index is 5.26. The lowest BCUT2D eigenvalue weighted by molar-refractivity contribution is 0.416. The summed E-state index contributed by atoms with van der Waals surface area (Å²) in [4.78, 5) is 0. The van der Waals surface area contributed by atoms with Gasteiger partial charge >= 0.3 is 0 Å². The molecule has 0 N–H and O–H groups in total. The number of aromatic nitrogens is 2. The third-order valence-corrected chi connectivity index (χ3v) is 2.67. The third kappa shape index (κ3) is 1.61. The van der Waals surface area contributed by atoms with Gasteiger partial charge in [-0.25, -0.2) is 0 Å². The Balaban J connectivity index is 2.55. The van der Waals surface area contributed by atoms with Crippen LogP contribution < -0.4 is 4.74 Å². The van der Waals surface area contributed by atoms with Crippen LogP contribution in [0.1, 0.15) is 5.56 Å². The summed E-state index contributed by atoms with van der Waals surface area (Å²) in [5.74, 6) is 0.840. The van der Waals surface area contributed by atoms with Crippen LogP contribution in [0.15, 0.2) is 23.7 Å². The van der Waals surface area contributed by atoms with Crippen LogP contribution in [-0.2, 0) is 0 Å². The molecule has 0 spiro atoms. The Kier molecular flexibility index (Phi) is 2.45. The molecule has 0 amide bonds. The predicted molar refractivity (Wildman–Crippen MR) is 56.6 cm³/mol. The van der Waals surface area contributed by atoms with E-state index < -0.39 is 0 Å². The Morgan fingerprint density at radius 2 is 2.21 bits per heavy atom. The second-order valence-corrected chi connectivity index (χ2v) is 3.78. The molecule has 0 aliphatic heterocycles. The molecule has 3 nitrogen and oxygen atoms in total. The fourth-order valence-corrected chi connectivity index (χ4v) is 1.85. The smallest absolute Gasteiger partial charge is 0.151 e. The molecule has 0 atom stereocenters. The summed E-state index contributed by atoms with van der Waals surface area (Å²) >= 11 is 1.51. The number of hydrogen-bond acceptors (Lipinski definition) is 4. The van der Waals surface area contributed by atoms with Crippen molar-refractivity contribution in [2.75, 3.05) is 7.11 Å². The van der Waals surface area contributed by atoms with E-state index in [0.717, 1.165) is 16.3 Å². The summed E-state index contributed by atoms with van der Waals surface area (Å²) < 4.78 is 5.26. The molecule has 0 saturated heterocycles. The lowest BCUT2D eigenvalue weighted by Crippen LogP contribution is -1.88. The van der Waals surface area contributed by atoms with Crippen molar-refractivity contribution >= 4 is 11.3 Å². The highest BCUT2D eigenvalue weighted by Crippen LogP contribution is 2.31. The number of hydrogen-bond donors (Lipinski definition) is 0. The van der Waals surface area contributed by atoms with Gasteiger partial charge in [0.05, 0.1) is 12.7 Å². The van der Waals surface area contributed by atoms with Crippen LogP contribution in [0.25, 0.3) is 10.6 Å². The molecule has 0 fully saturated rings. The Hall–Kier alpha value is -1.42. The molecular formula is C10H10N2OS. The van der Waals surface area contributed by atoms with Crippen LogP contribution in [0, 0.1) is 6.92 Å². The molecule has 4 heteroatoms. The van der Waals surface area contributed by atoms with Crippen LogP contribution in [0.3, 0.4) is 0 Å². The van der Waals surface area contributed by atoms with Crippen LogP contribution >= 0.6 is 11.3 Å². The number of nitrogens with zero attached hydrogens (tertiary/aromatic N) is 2. The van der Waals surface area contributed by atoms with E-state index in [9.17, 15) is 0 Å². The fourth-order valence-electron chi connectivity index (χ4n) is 1.28. The molecular weight excluding hydrogens is 196 g/mol.